The third-order valence-corrected chi connectivity index (χ3v) is 7.49. The van der Waals surface area contributed by atoms with Gasteiger partial charge in [-0.25, -0.2) is 23.2 Å². The van der Waals surface area contributed by atoms with Crippen LogP contribution < -0.4 is 4.72 Å². The highest BCUT2D eigenvalue weighted by molar-refractivity contribution is 7.96. The molecule has 2 aromatic carbocycles. The number of aliphatic carboxylic acids is 1. The number of carboxylic acid groups (broad SMARTS) is 1. The van der Waals surface area contributed by atoms with Crippen molar-refractivity contribution < 1.29 is 14.1 Å². The molecule has 0 aliphatic heterocycles. The van der Waals surface area contributed by atoms with Gasteiger partial charge in [0.05, 0.1) is 9.89 Å². The topological polar surface area (TPSA) is 95.4 Å². The first kappa shape index (κ1) is 24.6. The van der Waals surface area contributed by atoms with Gasteiger partial charge in [0.1, 0.15) is 5.54 Å². The van der Waals surface area contributed by atoms with Gasteiger partial charge in [0.2, 0.25) is 0 Å². The maximum absolute atomic E-state index is 13.4. The third kappa shape index (κ3) is 6.25. The largest absolute Gasteiger partial charge is 0.480 e. The summed E-state index contributed by atoms with van der Waals surface area (Å²) >= 11 is 0. The van der Waals surface area contributed by atoms with Crippen molar-refractivity contribution in [3.8, 4) is 11.4 Å². The second-order valence-corrected chi connectivity index (χ2v) is 10.4. The minimum absolute atomic E-state index is 0.176. The Morgan fingerprint density at radius 3 is 2.36 bits per heavy atom. The van der Waals surface area contributed by atoms with E-state index in [0.29, 0.717) is 18.8 Å². The van der Waals surface area contributed by atoms with E-state index in [1.165, 1.54) is 6.92 Å². The number of benzene rings is 2. The van der Waals surface area contributed by atoms with E-state index in [4.69, 9.17) is 0 Å². The molecule has 0 saturated carbocycles. The number of likely N-dealkylation sites (N-methyl/N-ethyl adjacent to an activating group) is 1. The molecule has 8 heteroatoms. The lowest BCUT2D eigenvalue weighted by molar-refractivity contribution is -0.143. The smallest absolute Gasteiger partial charge is 0.324 e. The third-order valence-electron chi connectivity index (χ3n) is 5.53. The molecule has 33 heavy (non-hydrogen) atoms. The predicted octanol–water partition coefficient (Wildman–Crippen LogP) is 3.15. The van der Waals surface area contributed by atoms with Crippen LogP contribution in [0.15, 0.2) is 66.9 Å². The summed E-state index contributed by atoms with van der Waals surface area (Å²) in [6, 6.07) is 19.0. The summed E-state index contributed by atoms with van der Waals surface area (Å²) in [6.07, 6.45) is 2.47. The average molecular weight is 467 g/mol. The summed E-state index contributed by atoms with van der Waals surface area (Å²) in [6.45, 7) is 3.84. The Bertz CT molecular complexity index is 1200. The van der Waals surface area contributed by atoms with E-state index in [-0.39, 0.29) is 6.42 Å². The highest BCUT2D eigenvalue weighted by Gasteiger charge is 2.36. The number of aryl methyl sites for hydroxylation is 1. The van der Waals surface area contributed by atoms with E-state index < -0.39 is 21.4 Å². The zero-order valence-corrected chi connectivity index (χ0v) is 20.0. The van der Waals surface area contributed by atoms with Crippen molar-refractivity contribution in [2.24, 2.45) is 0 Å². The minimum atomic E-state index is -3.07. The summed E-state index contributed by atoms with van der Waals surface area (Å²) in [5, 5.41) is 9.87. The molecule has 2 N–H and O–H groups in total. The quantitative estimate of drug-likeness (QED) is 0.448. The number of aromatic nitrogens is 2. The second kappa shape index (κ2) is 10.2. The summed E-state index contributed by atoms with van der Waals surface area (Å²) in [4.78, 5) is 21.2. The van der Waals surface area contributed by atoms with Crippen LogP contribution in [0.3, 0.4) is 0 Å². The van der Waals surface area contributed by atoms with Crippen LogP contribution in [0.5, 0.6) is 0 Å². The summed E-state index contributed by atoms with van der Waals surface area (Å²) in [5.74, 6) is 3.37. The molecule has 0 radical (unpaired) electrons. The standard InChI is InChI=1S/C25H30N4O3S/c1-19-18-26-23(21-13-9-6-10-14-21)27-22(19)15-16-29(3)33(4,32)28-25(2,24(30)31)17-20-11-7-5-8-12-20/h5-14,18H,4,15-17H2,1-3H3,(H,28,32)(H,30,31). The Morgan fingerprint density at radius 1 is 1.15 bits per heavy atom. The first-order valence-corrected chi connectivity index (χ1v) is 12.3. The number of hydrogen-bond acceptors (Lipinski definition) is 4. The van der Waals surface area contributed by atoms with Gasteiger partial charge in [-0.05, 0) is 30.8 Å². The fraction of sp³-hybridized carbons (Fsp3) is 0.280. The molecule has 0 aliphatic rings. The van der Waals surface area contributed by atoms with Gasteiger partial charge >= 0.3 is 5.97 Å². The predicted molar refractivity (Wildman–Crippen MR) is 133 cm³/mol. The number of nitrogens with one attached hydrogen (secondary N) is 1. The van der Waals surface area contributed by atoms with Crippen LogP contribution in [0.4, 0.5) is 0 Å². The summed E-state index contributed by atoms with van der Waals surface area (Å²) < 4.78 is 17.8. The molecule has 2 atom stereocenters. The molecule has 2 unspecified atom stereocenters. The number of rotatable bonds is 10. The van der Waals surface area contributed by atoms with Crippen LogP contribution in [0.25, 0.3) is 11.4 Å². The van der Waals surface area contributed by atoms with E-state index in [1.807, 2.05) is 67.6 Å². The van der Waals surface area contributed by atoms with Gasteiger partial charge < -0.3 is 5.11 Å². The van der Waals surface area contributed by atoms with Crippen LogP contribution in [-0.4, -0.2) is 54.6 Å². The van der Waals surface area contributed by atoms with Gasteiger partial charge in [-0.2, -0.15) is 0 Å². The maximum Gasteiger partial charge on any atom is 0.324 e. The highest BCUT2D eigenvalue weighted by atomic mass is 32.2. The van der Waals surface area contributed by atoms with Crippen molar-refractivity contribution in [2.75, 3.05) is 13.6 Å². The number of nitrogens with zero attached hydrogens (tertiary/aromatic N) is 3. The zero-order chi connectivity index (χ0) is 24.1. The Labute approximate surface area is 195 Å². The van der Waals surface area contributed by atoms with Crippen molar-refractivity contribution in [1.82, 2.24) is 19.0 Å². The Hall–Kier alpha value is -3.07. The van der Waals surface area contributed by atoms with Gasteiger partial charge in [-0.1, -0.05) is 60.7 Å². The molecule has 3 aromatic rings. The monoisotopic (exact) mass is 466 g/mol. The second-order valence-electron chi connectivity index (χ2n) is 8.33. The van der Waals surface area contributed by atoms with Crippen molar-refractivity contribution >= 4 is 21.7 Å². The first-order valence-electron chi connectivity index (χ1n) is 10.6. The average Bonchev–Trinajstić information content (AvgIpc) is 2.79. The van der Waals surface area contributed by atoms with E-state index >= 15 is 0 Å². The van der Waals surface area contributed by atoms with Crippen molar-refractivity contribution in [3.63, 3.8) is 0 Å². The summed E-state index contributed by atoms with van der Waals surface area (Å²) in [5.41, 5.74) is 2.09. The number of hydrogen-bond donors (Lipinski definition) is 2. The van der Waals surface area contributed by atoms with Gasteiger partial charge in [-0.15, -0.1) is 0 Å². The lowest BCUT2D eigenvalue weighted by atomic mass is 9.94. The molecule has 0 aliphatic carbocycles. The first-order chi connectivity index (χ1) is 15.6. The van der Waals surface area contributed by atoms with Gasteiger partial charge in [-0.3, -0.25) is 4.79 Å². The summed E-state index contributed by atoms with van der Waals surface area (Å²) in [7, 11) is -1.40. The Balaban J connectivity index is 1.72. The molecule has 1 heterocycles. The zero-order valence-electron chi connectivity index (χ0n) is 19.2. The van der Waals surface area contributed by atoms with Gasteiger partial charge in [0.25, 0.3) is 0 Å². The molecular formula is C25H30N4O3S. The fourth-order valence-corrected chi connectivity index (χ4v) is 4.86. The van der Waals surface area contributed by atoms with Crippen molar-refractivity contribution in [3.05, 3.63) is 83.7 Å². The molecule has 3 rings (SSSR count). The minimum Gasteiger partial charge on any atom is -0.480 e. The molecule has 1 aromatic heterocycles. The van der Waals surface area contributed by atoms with Crippen LogP contribution in [0, 0.1) is 6.92 Å². The van der Waals surface area contributed by atoms with Crippen molar-refractivity contribution in [2.45, 2.75) is 32.2 Å². The Morgan fingerprint density at radius 2 is 1.76 bits per heavy atom. The van der Waals surface area contributed by atoms with Gasteiger partial charge in [0.15, 0.2) is 5.82 Å². The molecule has 174 valence electrons. The van der Waals surface area contributed by atoms with Crippen molar-refractivity contribution in [1.29, 1.82) is 0 Å². The normalized spacial score (nSPS) is 15.0. The molecule has 0 bridgehead atoms. The molecule has 0 amide bonds. The molecular weight excluding hydrogens is 436 g/mol. The molecule has 0 spiro atoms. The SMILES string of the molecule is C=S(=O)(NC(C)(Cc1ccccc1)C(=O)O)N(C)CCc1nc(-c2ccccc2)ncc1C. The highest BCUT2D eigenvalue weighted by Crippen LogP contribution is 2.18. The van der Waals surface area contributed by atoms with E-state index in [9.17, 15) is 14.1 Å². The Kier molecular flexibility index (Phi) is 7.63. The molecule has 7 nitrogen and oxygen atoms in total. The van der Waals surface area contributed by atoms with E-state index in [2.05, 4.69) is 20.6 Å². The molecule has 0 fully saturated rings. The lowest BCUT2D eigenvalue weighted by Gasteiger charge is -2.32. The van der Waals surface area contributed by atoms with E-state index in [1.54, 1.807) is 17.5 Å². The maximum atomic E-state index is 13.4. The van der Waals surface area contributed by atoms with E-state index in [0.717, 1.165) is 22.4 Å². The number of carbonyl (C=O) groups is 1. The lowest BCUT2D eigenvalue weighted by Crippen LogP contribution is -2.57. The van der Waals surface area contributed by atoms with Crippen LogP contribution in [-0.2, 0) is 27.5 Å². The molecule has 0 saturated heterocycles. The van der Waals surface area contributed by atoms with Gasteiger partial charge in [0, 0.05) is 43.9 Å². The van der Waals surface area contributed by atoms with Crippen LogP contribution in [0.1, 0.15) is 23.7 Å². The number of carboxylic acids is 1. The van der Waals surface area contributed by atoms with Crippen LogP contribution in [0.2, 0.25) is 0 Å². The fourth-order valence-electron chi connectivity index (χ4n) is 3.46. The van der Waals surface area contributed by atoms with Crippen LogP contribution >= 0.6 is 0 Å².